The summed E-state index contributed by atoms with van der Waals surface area (Å²) in [5.74, 6) is 1.49. The van der Waals surface area contributed by atoms with Crippen LogP contribution in [-0.4, -0.2) is 29.1 Å². The van der Waals surface area contributed by atoms with Gasteiger partial charge in [0.05, 0.1) is 12.3 Å². The molecule has 0 radical (unpaired) electrons. The summed E-state index contributed by atoms with van der Waals surface area (Å²) in [6, 6.07) is 3.84. The van der Waals surface area contributed by atoms with Gasteiger partial charge in [-0.05, 0) is 18.1 Å². The van der Waals surface area contributed by atoms with Gasteiger partial charge in [0.2, 0.25) is 0 Å². The molecule has 5 heteroatoms. The van der Waals surface area contributed by atoms with Crippen molar-refractivity contribution in [2.75, 3.05) is 19.5 Å². The third-order valence-corrected chi connectivity index (χ3v) is 2.85. The van der Waals surface area contributed by atoms with Gasteiger partial charge in [0.25, 0.3) is 0 Å². The molecule has 5 nitrogen and oxygen atoms in total. The molecule has 0 saturated carbocycles. The van der Waals surface area contributed by atoms with E-state index in [1.165, 1.54) is 0 Å². The van der Waals surface area contributed by atoms with Gasteiger partial charge in [-0.25, -0.2) is 9.97 Å². The maximum Gasteiger partial charge on any atom is 0.162 e. The van der Waals surface area contributed by atoms with E-state index >= 15 is 0 Å². The van der Waals surface area contributed by atoms with Crippen molar-refractivity contribution in [1.82, 2.24) is 15.0 Å². The largest absolute Gasteiger partial charge is 0.378 e. The number of nitrogens with one attached hydrogen (secondary N) is 1. The fraction of sp³-hybridized carbons (Fsp3) is 0.357. The zero-order valence-electron chi connectivity index (χ0n) is 11.5. The van der Waals surface area contributed by atoms with Gasteiger partial charge in [0.15, 0.2) is 5.82 Å². The van der Waals surface area contributed by atoms with Crippen LogP contribution < -0.4 is 5.32 Å². The standard InChI is InChI=1S/C14H18N4O/c1-4-10-8-16-6-5-12(10)14-17-11(9-19-3)7-13(15-2)18-14/h5-8H,4,9H2,1-3H3,(H,15,17,18). The lowest BCUT2D eigenvalue weighted by Gasteiger charge is -2.10. The van der Waals surface area contributed by atoms with Gasteiger partial charge < -0.3 is 10.1 Å². The van der Waals surface area contributed by atoms with Crippen molar-refractivity contribution in [3.05, 3.63) is 35.8 Å². The molecule has 0 unspecified atom stereocenters. The van der Waals surface area contributed by atoms with E-state index in [0.29, 0.717) is 12.4 Å². The Kier molecular flexibility index (Phi) is 4.41. The molecule has 0 amide bonds. The summed E-state index contributed by atoms with van der Waals surface area (Å²) in [5.41, 5.74) is 3.02. The van der Waals surface area contributed by atoms with Crippen LogP contribution in [0.5, 0.6) is 0 Å². The van der Waals surface area contributed by atoms with Crippen LogP contribution in [0, 0.1) is 0 Å². The monoisotopic (exact) mass is 258 g/mol. The Morgan fingerprint density at radius 2 is 2.16 bits per heavy atom. The van der Waals surface area contributed by atoms with Crippen molar-refractivity contribution in [3.63, 3.8) is 0 Å². The lowest BCUT2D eigenvalue weighted by Crippen LogP contribution is -2.03. The van der Waals surface area contributed by atoms with Crippen molar-refractivity contribution in [3.8, 4) is 11.4 Å². The smallest absolute Gasteiger partial charge is 0.162 e. The maximum atomic E-state index is 5.14. The molecule has 0 fully saturated rings. The number of methoxy groups -OCH3 is 1. The molecule has 0 spiro atoms. The number of hydrogen-bond acceptors (Lipinski definition) is 5. The minimum Gasteiger partial charge on any atom is -0.378 e. The van der Waals surface area contributed by atoms with E-state index in [4.69, 9.17) is 4.74 Å². The lowest BCUT2D eigenvalue weighted by atomic mass is 10.1. The van der Waals surface area contributed by atoms with Gasteiger partial charge in [0, 0.05) is 38.2 Å². The van der Waals surface area contributed by atoms with Crippen LogP contribution in [0.15, 0.2) is 24.5 Å². The highest BCUT2D eigenvalue weighted by molar-refractivity contribution is 5.61. The third kappa shape index (κ3) is 3.06. The average Bonchev–Trinajstić information content (AvgIpc) is 2.47. The summed E-state index contributed by atoms with van der Waals surface area (Å²) in [6.07, 6.45) is 4.52. The van der Waals surface area contributed by atoms with Gasteiger partial charge in [-0.2, -0.15) is 0 Å². The van der Waals surface area contributed by atoms with Crippen molar-refractivity contribution in [2.24, 2.45) is 0 Å². The van der Waals surface area contributed by atoms with Crippen molar-refractivity contribution in [1.29, 1.82) is 0 Å². The molecule has 100 valence electrons. The molecule has 0 aliphatic rings. The number of ether oxygens (including phenoxy) is 1. The van der Waals surface area contributed by atoms with Crippen LogP contribution >= 0.6 is 0 Å². The van der Waals surface area contributed by atoms with Crippen molar-refractivity contribution in [2.45, 2.75) is 20.0 Å². The number of aryl methyl sites for hydroxylation is 1. The van der Waals surface area contributed by atoms with Gasteiger partial charge in [0.1, 0.15) is 5.82 Å². The number of rotatable bonds is 5. The Bertz CT molecular complexity index is 557. The first kappa shape index (κ1) is 13.4. The molecule has 19 heavy (non-hydrogen) atoms. The SMILES string of the molecule is CCc1cnccc1-c1nc(COC)cc(NC)n1. The minimum absolute atomic E-state index is 0.469. The third-order valence-electron chi connectivity index (χ3n) is 2.85. The second-order valence-electron chi connectivity index (χ2n) is 4.14. The first-order chi connectivity index (χ1) is 9.28. The summed E-state index contributed by atoms with van der Waals surface area (Å²) in [7, 11) is 3.50. The Balaban J connectivity index is 2.51. The zero-order valence-corrected chi connectivity index (χ0v) is 11.5. The summed E-state index contributed by atoms with van der Waals surface area (Å²) < 4.78 is 5.14. The Hall–Kier alpha value is -2.01. The molecule has 2 rings (SSSR count). The fourth-order valence-corrected chi connectivity index (χ4v) is 1.89. The highest BCUT2D eigenvalue weighted by Crippen LogP contribution is 2.22. The molecule has 0 bridgehead atoms. The summed E-state index contributed by atoms with van der Waals surface area (Å²) in [4.78, 5) is 13.2. The molecule has 1 N–H and O–H groups in total. The van der Waals surface area contributed by atoms with Gasteiger partial charge in [-0.3, -0.25) is 4.98 Å². The number of nitrogens with zero attached hydrogens (tertiary/aromatic N) is 3. The Morgan fingerprint density at radius 1 is 1.32 bits per heavy atom. The quantitative estimate of drug-likeness (QED) is 0.891. The average molecular weight is 258 g/mol. The minimum atomic E-state index is 0.469. The maximum absolute atomic E-state index is 5.14. The molecule has 2 aromatic rings. The van der Waals surface area contributed by atoms with Crippen LogP contribution in [0.2, 0.25) is 0 Å². The molecular formula is C14H18N4O. The van der Waals surface area contributed by atoms with Crippen LogP contribution in [0.4, 0.5) is 5.82 Å². The number of anilines is 1. The lowest BCUT2D eigenvalue weighted by molar-refractivity contribution is 0.181. The molecule has 2 aromatic heterocycles. The predicted molar refractivity (Wildman–Crippen MR) is 74.9 cm³/mol. The molecular weight excluding hydrogens is 240 g/mol. The van der Waals surface area contributed by atoms with Gasteiger partial charge >= 0.3 is 0 Å². The van der Waals surface area contributed by atoms with Crippen molar-refractivity contribution < 1.29 is 4.74 Å². The first-order valence-corrected chi connectivity index (χ1v) is 6.26. The van der Waals surface area contributed by atoms with Gasteiger partial charge in [-0.15, -0.1) is 0 Å². The molecule has 0 aliphatic carbocycles. The van der Waals surface area contributed by atoms with E-state index in [1.54, 1.807) is 13.3 Å². The Labute approximate surface area is 113 Å². The molecule has 0 saturated heterocycles. The van der Waals surface area contributed by atoms with E-state index in [9.17, 15) is 0 Å². The molecule has 0 aliphatic heterocycles. The highest BCUT2D eigenvalue weighted by atomic mass is 16.5. The van der Waals surface area contributed by atoms with E-state index in [1.807, 2.05) is 25.4 Å². The molecule has 0 atom stereocenters. The van der Waals surface area contributed by atoms with Gasteiger partial charge in [-0.1, -0.05) is 6.92 Å². The normalized spacial score (nSPS) is 10.5. The Morgan fingerprint density at radius 3 is 2.84 bits per heavy atom. The fourth-order valence-electron chi connectivity index (χ4n) is 1.89. The zero-order chi connectivity index (χ0) is 13.7. The summed E-state index contributed by atoms with van der Waals surface area (Å²) in [5, 5.41) is 3.05. The topological polar surface area (TPSA) is 59.9 Å². The predicted octanol–water partition coefficient (Wildman–Crippen LogP) is 2.29. The molecule has 0 aromatic carbocycles. The number of aromatic nitrogens is 3. The van der Waals surface area contributed by atoms with E-state index in [0.717, 1.165) is 29.1 Å². The van der Waals surface area contributed by atoms with Crippen LogP contribution in [0.25, 0.3) is 11.4 Å². The second kappa shape index (κ2) is 6.24. The highest BCUT2D eigenvalue weighted by Gasteiger charge is 2.09. The summed E-state index contributed by atoms with van der Waals surface area (Å²) in [6.45, 7) is 2.56. The summed E-state index contributed by atoms with van der Waals surface area (Å²) >= 11 is 0. The van der Waals surface area contributed by atoms with Crippen molar-refractivity contribution >= 4 is 5.82 Å². The van der Waals surface area contributed by atoms with Crippen LogP contribution in [0.1, 0.15) is 18.2 Å². The van der Waals surface area contributed by atoms with E-state index < -0.39 is 0 Å². The first-order valence-electron chi connectivity index (χ1n) is 6.26. The van der Waals surface area contributed by atoms with E-state index in [-0.39, 0.29) is 0 Å². The molecule has 2 heterocycles. The number of pyridine rings is 1. The van der Waals surface area contributed by atoms with Crippen LogP contribution in [-0.2, 0) is 17.8 Å². The number of hydrogen-bond donors (Lipinski definition) is 1. The second-order valence-corrected chi connectivity index (χ2v) is 4.14. The van der Waals surface area contributed by atoms with E-state index in [2.05, 4.69) is 27.2 Å². The van der Waals surface area contributed by atoms with Crippen LogP contribution in [0.3, 0.4) is 0 Å².